The predicted octanol–water partition coefficient (Wildman–Crippen LogP) is 3.41. The second kappa shape index (κ2) is 6.50. The summed E-state index contributed by atoms with van der Waals surface area (Å²) in [5.41, 5.74) is 0.376. The molecule has 1 aromatic heterocycles. The Hall–Kier alpha value is -2.21. The molecule has 4 nitrogen and oxygen atoms in total. The fourth-order valence-corrected chi connectivity index (χ4v) is 2.44. The average molecular weight is 341 g/mol. The monoisotopic (exact) mass is 340 g/mol. The van der Waals surface area contributed by atoms with Crippen molar-refractivity contribution in [1.29, 1.82) is 0 Å². The van der Waals surface area contributed by atoms with Gasteiger partial charge in [0.1, 0.15) is 17.2 Å². The van der Waals surface area contributed by atoms with E-state index in [9.17, 15) is 18.4 Å². The van der Waals surface area contributed by atoms with E-state index in [-0.39, 0.29) is 11.1 Å². The second-order valence-corrected chi connectivity index (χ2v) is 5.67. The van der Waals surface area contributed by atoms with Gasteiger partial charge < -0.3 is 10.3 Å². The van der Waals surface area contributed by atoms with Crippen LogP contribution < -0.4 is 10.9 Å². The van der Waals surface area contributed by atoms with Crippen molar-refractivity contribution in [3.63, 3.8) is 0 Å². The maximum absolute atomic E-state index is 13.2. The van der Waals surface area contributed by atoms with Crippen molar-refractivity contribution in [3.05, 3.63) is 67.6 Å². The Labute approximate surface area is 136 Å². The molecule has 1 unspecified atom stereocenters. The lowest BCUT2D eigenvalue weighted by molar-refractivity contribution is 0.0937. The lowest BCUT2D eigenvalue weighted by atomic mass is 10.1. The average Bonchev–Trinajstić information content (AvgIpc) is 2.43. The predicted molar refractivity (Wildman–Crippen MR) is 83.8 cm³/mol. The second-order valence-electron chi connectivity index (χ2n) is 5.29. The highest BCUT2D eigenvalue weighted by Crippen LogP contribution is 2.20. The van der Waals surface area contributed by atoms with Crippen molar-refractivity contribution in [3.8, 4) is 0 Å². The molecule has 7 heteroatoms. The molecule has 122 valence electrons. The molecule has 0 saturated heterocycles. The third-order valence-electron chi connectivity index (χ3n) is 3.52. The third kappa shape index (κ3) is 3.59. The van der Waals surface area contributed by atoms with Crippen LogP contribution >= 0.6 is 11.6 Å². The van der Waals surface area contributed by atoms with Crippen molar-refractivity contribution in [2.24, 2.45) is 0 Å². The number of hydrogen-bond acceptors (Lipinski definition) is 2. The van der Waals surface area contributed by atoms with E-state index >= 15 is 0 Å². The number of aromatic amines is 1. The van der Waals surface area contributed by atoms with Crippen molar-refractivity contribution in [2.75, 3.05) is 0 Å². The Balaban J connectivity index is 2.32. The van der Waals surface area contributed by atoms with Crippen LogP contribution in [0, 0.1) is 25.5 Å². The summed E-state index contributed by atoms with van der Waals surface area (Å²) < 4.78 is 26.5. The number of carbonyl (C=O) groups excluding carboxylic acids is 1. The van der Waals surface area contributed by atoms with Crippen LogP contribution in [0.1, 0.15) is 40.1 Å². The van der Waals surface area contributed by atoms with E-state index in [0.29, 0.717) is 16.3 Å². The first kappa shape index (κ1) is 17.1. The molecule has 1 aromatic carbocycles. The highest BCUT2D eigenvalue weighted by molar-refractivity contribution is 6.32. The molecule has 0 bridgehead atoms. The first-order valence-electron chi connectivity index (χ1n) is 6.86. The van der Waals surface area contributed by atoms with Gasteiger partial charge in [-0.3, -0.25) is 9.59 Å². The van der Waals surface area contributed by atoms with Crippen LogP contribution in [0.3, 0.4) is 0 Å². The summed E-state index contributed by atoms with van der Waals surface area (Å²) >= 11 is 6.04. The molecule has 1 amide bonds. The van der Waals surface area contributed by atoms with E-state index < -0.39 is 29.1 Å². The Morgan fingerprint density at radius 2 is 1.78 bits per heavy atom. The fraction of sp³-hybridized carbons (Fsp3) is 0.250. The van der Waals surface area contributed by atoms with Crippen molar-refractivity contribution >= 4 is 17.5 Å². The van der Waals surface area contributed by atoms with Crippen LogP contribution in [-0.2, 0) is 0 Å². The molecule has 0 saturated carbocycles. The van der Waals surface area contributed by atoms with Gasteiger partial charge in [0.05, 0.1) is 11.1 Å². The Bertz CT molecular complexity index is 813. The number of H-pyrrole nitrogens is 1. The first-order chi connectivity index (χ1) is 10.7. The van der Waals surface area contributed by atoms with Gasteiger partial charge in [-0.05, 0) is 44.0 Å². The minimum Gasteiger partial charge on any atom is -0.345 e. The molecule has 0 aliphatic rings. The van der Waals surface area contributed by atoms with Crippen LogP contribution in [0.4, 0.5) is 8.78 Å². The van der Waals surface area contributed by atoms with Crippen molar-refractivity contribution in [2.45, 2.75) is 26.8 Å². The number of nitrogens with one attached hydrogen (secondary N) is 2. The maximum Gasteiger partial charge on any atom is 0.261 e. The molecule has 1 atom stereocenters. The zero-order valence-corrected chi connectivity index (χ0v) is 13.5. The van der Waals surface area contributed by atoms with E-state index in [0.717, 1.165) is 18.2 Å². The number of amides is 1. The smallest absolute Gasteiger partial charge is 0.261 e. The molecule has 2 rings (SSSR count). The minimum absolute atomic E-state index is 0.121. The number of halogens is 3. The molecule has 0 aliphatic carbocycles. The largest absolute Gasteiger partial charge is 0.345 e. The van der Waals surface area contributed by atoms with Gasteiger partial charge in [-0.2, -0.15) is 0 Å². The van der Waals surface area contributed by atoms with Gasteiger partial charge in [0, 0.05) is 11.8 Å². The van der Waals surface area contributed by atoms with Gasteiger partial charge in [-0.1, -0.05) is 11.6 Å². The number of rotatable bonds is 3. The topological polar surface area (TPSA) is 62.0 Å². The Morgan fingerprint density at radius 1 is 1.22 bits per heavy atom. The molecular formula is C16H15ClF2N2O2. The fourth-order valence-electron chi connectivity index (χ4n) is 2.30. The molecule has 0 fully saturated rings. The Morgan fingerprint density at radius 3 is 2.35 bits per heavy atom. The summed E-state index contributed by atoms with van der Waals surface area (Å²) in [6.45, 7) is 4.74. The third-order valence-corrected chi connectivity index (χ3v) is 4.09. The molecule has 2 N–H and O–H groups in total. The van der Waals surface area contributed by atoms with Crippen LogP contribution in [0.15, 0.2) is 23.0 Å². The standard InChI is InChI=1S/C16H15ClF2N2O2/c1-7-13(16(23)21-9(3)14(7)17)15(22)20-8(2)10-4-11(18)6-12(19)5-10/h4-6,8H,1-3H3,(H,20,22)(H,21,23). The minimum atomic E-state index is -0.742. The summed E-state index contributed by atoms with van der Waals surface area (Å²) in [6.07, 6.45) is 0. The summed E-state index contributed by atoms with van der Waals surface area (Å²) in [6, 6.07) is 2.29. The van der Waals surface area contributed by atoms with Crippen LogP contribution in [0.5, 0.6) is 0 Å². The highest BCUT2D eigenvalue weighted by atomic mass is 35.5. The van der Waals surface area contributed by atoms with Gasteiger partial charge in [-0.25, -0.2) is 8.78 Å². The van der Waals surface area contributed by atoms with E-state index in [4.69, 9.17) is 11.6 Å². The lowest BCUT2D eigenvalue weighted by Gasteiger charge is -2.16. The number of benzene rings is 1. The molecule has 0 spiro atoms. The summed E-state index contributed by atoms with van der Waals surface area (Å²) in [4.78, 5) is 26.8. The molecule has 1 heterocycles. The van der Waals surface area contributed by atoms with Gasteiger partial charge in [0.2, 0.25) is 0 Å². The number of carbonyl (C=O) groups is 1. The van der Waals surface area contributed by atoms with Crippen molar-refractivity contribution in [1.82, 2.24) is 10.3 Å². The molecule has 2 aromatic rings. The summed E-state index contributed by atoms with van der Waals surface area (Å²) in [5.74, 6) is -2.15. The van der Waals surface area contributed by atoms with E-state index in [1.165, 1.54) is 0 Å². The van der Waals surface area contributed by atoms with Crippen LogP contribution in [-0.4, -0.2) is 10.9 Å². The summed E-state index contributed by atoms with van der Waals surface area (Å²) in [5, 5.41) is 2.84. The van der Waals surface area contributed by atoms with Gasteiger partial charge in [-0.15, -0.1) is 0 Å². The lowest BCUT2D eigenvalue weighted by Crippen LogP contribution is -2.33. The quantitative estimate of drug-likeness (QED) is 0.899. The molecule has 0 radical (unpaired) electrons. The van der Waals surface area contributed by atoms with E-state index in [1.54, 1.807) is 20.8 Å². The van der Waals surface area contributed by atoms with Crippen LogP contribution in [0.2, 0.25) is 5.02 Å². The number of hydrogen-bond donors (Lipinski definition) is 2. The van der Waals surface area contributed by atoms with E-state index in [2.05, 4.69) is 10.3 Å². The molecule has 23 heavy (non-hydrogen) atoms. The zero-order valence-electron chi connectivity index (χ0n) is 12.8. The summed E-state index contributed by atoms with van der Waals surface area (Å²) in [7, 11) is 0. The highest BCUT2D eigenvalue weighted by Gasteiger charge is 2.20. The SMILES string of the molecule is Cc1[nH]c(=O)c(C(=O)NC(C)c2cc(F)cc(F)c2)c(C)c1Cl. The number of pyridine rings is 1. The zero-order chi connectivity index (χ0) is 17.3. The van der Waals surface area contributed by atoms with Crippen LogP contribution in [0.25, 0.3) is 0 Å². The maximum atomic E-state index is 13.2. The first-order valence-corrected chi connectivity index (χ1v) is 7.24. The van der Waals surface area contributed by atoms with Crippen molar-refractivity contribution < 1.29 is 13.6 Å². The Kier molecular flexibility index (Phi) is 4.85. The molecular weight excluding hydrogens is 326 g/mol. The number of aryl methyl sites for hydroxylation is 1. The number of aromatic nitrogens is 1. The van der Waals surface area contributed by atoms with Gasteiger partial charge >= 0.3 is 0 Å². The molecule has 0 aliphatic heterocycles. The normalized spacial score (nSPS) is 12.1. The van der Waals surface area contributed by atoms with Gasteiger partial charge in [0.15, 0.2) is 0 Å². The van der Waals surface area contributed by atoms with Gasteiger partial charge in [0.25, 0.3) is 11.5 Å². The van der Waals surface area contributed by atoms with E-state index in [1.807, 2.05) is 0 Å².